The van der Waals surface area contributed by atoms with Gasteiger partial charge in [-0.25, -0.2) is 9.97 Å². The number of aromatic nitrogens is 4. The highest BCUT2D eigenvalue weighted by Gasteiger charge is 2.16. The second-order valence-electron chi connectivity index (χ2n) is 6.41. The summed E-state index contributed by atoms with van der Waals surface area (Å²) in [5.74, 6) is -0.771. The van der Waals surface area contributed by atoms with Gasteiger partial charge in [0.25, 0.3) is 0 Å². The van der Waals surface area contributed by atoms with E-state index in [9.17, 15) is 19.8 Å². The minimum atomic E-state index is -0.606. The fraction of sp³-hybridized carbons (Fsp3) is 0.222. The smallest absolute Gasteiger partial charge is 0.231 e. The van der Waals surface area contributed by atoms with E-state index in [-0.39, 0.29) is 44.6 Å². The lowest BCUT2D eigenvalue weighted by Gasteiger charge is -2.18. The van der Waals surface area contributed by atoms with Crippen LogP contribution in [0.4, 0.5) is 0 Å². The van der Waals surface area contributed by atoms with Crippen LogP contribution in [0.15, 0.2) is 9.59 Å². The maximum atomic E-state index is 12.8. The summed E-state index contributed by atoms with van der Waals surface area (Å²) in [6.45, 7) is 6.48. The fourth-order valence-electron chi connectivity index (χ4n) is 3.05. The monoisotopic (exact) mass is 350 g/mol. The van der Waals surface area contributed by atoms with E-state index in [2.05, 4.69) is 19.9 Å². The average Bonchev–Trinajstić information content (AvgIpc) is 2.61. The van der Waals surface area contributed by atoms with Crippen LogP contribution >= 0.6 is 0 Å². The van der Waals surface area contributed by atoms with Crippen LogP contribution in [0.5, 0.6) is 11.5 Å². The maximum absolute atomic E-state index is 12.8. The van der Waals surface area contributed by atoms with E-state index in [0.717, 1.165) is 0 Å². The van der Waals surface area contributed by atoms with Crippen molar-refractivity contribution in [1.82, 2.24) is 19.9 Å². The summed E-state index contributed by atoms with van der Waals surface area (Å²) in [6, 6.07) is 0. The lowest BCUT2D eigenvalue weighted by molar-refractivity contribution is -0.267. The Morgan fingerprint density at radius 3 is 1.35 bits per heavy atom. The normalized spacial score (nSPS) is 11.7. The van der Waals surface area contributed by atoms with E-state index < -0.39 is 10.9 Å². The fourth-order valence-corrected chi connectivity index (χ4v) is 3.05. The predicted molar refractivity (Wildman–Crippen MR) is 93.6 cm³/mol. The molecule has 2 N–H and O–H groups in total. The van der Waals surface area contributed by atoms with Crippen molar-refractivity contribution in [2.75, 3.05) is 0 Å². The van der Waals surface area contributed by atoms with Crippen molar-refractivity contribution in [3.63, 3.8) is 0 Å². The molecule has 0 unspecified atom stereocenters. The SMILES string of the molecule is Cc1nc2c(=O)c3[nH]c4c([O-])c(C)c(C)nc4c(=O)c3[nH]c2c([O-])c1C. The number of aryl methyl sites for hydroxylation is 2. The van der Waals surface area contributed by atoms with Gasteiger partial charge < -0.3 is 20.2 Å². The molecule has 0 amide bonds. The second-order valence-corrected chi connectivity index (χ2v) is 6.41. The molecule has 0 aromatic carbocycles. The van der Waals surface area contributed by atoms with Crippen LogP contribution in [0.3, 0.4) is 0 Å². The quantitative estimate of drug-likeness (QED) is 0.448. The van der Waals surface area contributed by atoms with E-state index in [0.29, 0.717) is 22.5 Å². The van der Waals surface area contributed by atoms with Crippen molar-refractivity contribution in [3.8, 4) is 11.5 Å². The van der Waals surface area contributed by atoms with E-state index >= 15 is 0 Å². The Kier molecular flexibility index (Phi) is 3.12. The van der Waals surface area contributed by atoms with Crippen molar-refractivity contribution in [1.29, 1.82) is 0 Å². The number of pyridine rings is 4. The number of H-pyrrole nitrogens is 2. The number of hydrogen-bond donors (Lipinski definition) is 2. The Balaban J connectivity index is 2.34. The number of hydrogen-bond acceptors (Lipinski definition) is 6. The third-order valence-electron chi connectivity index (χ3n) is 4.89. The van der Waals surface area contributed by atoms with Crippen molar-refractivity contribution in [2.24, 2.45) is 0 Å². The number of nitrogens with zero attached hydrogens (tertiary/aromatic N) is 2. The summed E-state index contributed by atoms with van der Waals surface area (Å²) in [5.41, 5.74) is 0.0993. The van der Waals surface area contributed by atoms with Gasteiger partial charge in [-0.2, -0.15) is 0 Å². The summed E-state index contributed by atoms with van der Waals surface area (Å²) in [5, 5.41) is 25.0. The van der Waals surface area contributed by atoms with Gasteiger partial charge in [0, 0.05) is 11.4 Å². The van der Waals surface area contributed by atoms with Crippen LogP contribution in [0.2, 0.25) is 0 Å². The molecule has 4 aromatic rings. The average molecular weight is 350 g/mol. The minimum absolute atomic E-state index is 0.0263. The van der Waals surface area contributed by atoms with E-state index in [1.54, 1.807) is 27.7 Å². The molecule has 4 rings (SSSR count). The van der Waals surface area contributed by atoms with Crippen molar-refractivity contribution < 1.29 is 10.2 Å². The zero-order valence-electron chi connectivity index (χ0n) is 14.5. The lowest BCUT2D eigenvalue weighted by atomic mass is 10.1. The molecule has 0 atom stereocenters. The van der Waals surface area contributed by atoms with Gasteiger partial charge in [-0.15, -0.1) is 0 Å². The van der Waals surface area contributed by atoms with E-state index in [1.807, 2.05) is 0 Å². The van der Waals surface area contributed by atoms with Crippen LogP contribution in [-0.2, 0) is 0 Å². The number of rotatable bonds is 0. The highest BCUT2D eigenvalue weighted by atomic mass is 16.3. The molecule has 26 heavy (non-hydrogen) atoms. The first-order valence-corrected chi connectivity index (χ1v) is 7.96. The van der Waals surface area contributed by atoms with Gasteiger partial charge in [0.15, 0.2) is 0 Å². The van der Waals surface area contributed by atoms with E-state index in [4.69, 9.17) is 0 Å². The highest BCUT2D eigenvalue weighted by molar-refractivity contribution is 5.97. The third-order valence-corrected chi connectivity index (χ3v) is 4.89. The van der Waals surface area contributed by atoms with E-state index in [1.165, 1.54) is 0 Å². The molecule has 0 saturated heterocycles. The Labute approximate surface area is 146 Å². The first-order chi connectivity index (χ1) is 12.2. The molecule has 0 aliphatic carbocycles. The molecule has 0 fully saturated rings. The molecule has 0 radical (unpaired) electrons. The molecule has 8 heteroatoms. The lowest BCUT2D eigenvalue weighted by Crippen LogP contribution is -2.18. The van der Waals surface area contributed by atoms with Crippen molar-refractivity contribution >= 4 is 33.1 Å². The van der Waals surface area contributed by atoms with Gasteiger partial charge >= 0.3 is 0 Å². The molecular formula is C18H14N4O4-2. The van der Waals surface area contributed by atoms with Crippen LogP contribution < -0.4 is 21.1 Å². The molecule has 0 aliphatic rings. The van der Waals surface area contributed by atoms with Gasteiger partial charge in [-0.1, -0.05) is 11.5 Å². The second kappa shape index (κ2) is 5.04. The zero-order chi connectivity index (χ0) is 18.9. The first-order valence-electron chi connectivity index (χ1n) is 7.96. The predicted octanol–water partition coefficient (Wildman–Crippen LogP) is 0.694. The van der Waals surface area contributed by atoms with Crippen LogP contribution in [0.1, 0.15) is 22.5 Å². The van der Waals surface area contributed by atoms with Crippen molar-refractivity contribution in [2.45, 2.75) is 27.7 Å². The molecule has 4 aromatic heterocycles. The van der Waals surface area contributed by atoms with Crippen LogP contribution in [0, 0.1) is 27.7 Å². The van der Waals surface area contributed by atoms with Gasteiger partial charge in [0.05, 0.1) is 11.0 Å². The van der Waals surface area contributed by atoms with Crippen molar-refractivity contribution in [3.05, 3.63) is 43.0 Å². The topological polar surface area (TPSA) is 138 Å². The number of fused-ring (bicyclic) bond motifs is 3. The Hall–Kier alpha value is -3.42. The van der Waals surface area contributed by atoms with Crippen LogP contribution in [-0.4, -0.2) is 19.9 Å². The first kappa shape index (κ1) is 16.1. The van der Waals surface area contributed by atoms with Gasteiger partial charge in [-0.3, -0.25) is 9.59 Å². The molecule has 8 nitrogen and oxygen atoms in total. The Morgan fingerprint density at radius 2 is 1.00 bits per heavy atom. The third kappa shape index (κ3) is 1.89. The van der Waals surface area contributed by atoms with Gasteiger partial charge in [0.2, 0.25) is 10.9 Å². The largest absolute Gasteiger partial charge is 0.871 e. The molecule has 0 aliphatic heterocycles. The minimum Gasteiger partial charge on any atom is -0.871 e. The molecule has 0 saturated carbocycles. The molecule has 0 spiro atoms. The Morgan fingerprint density at radius 1 is 0.654 bits per heavy atom. The zero-order valence-corrected chi connectivity index (χ0v) is 14.5. The van der Waals surface area contributed by atoms with Gasteiger partial charge in [0.1, 0.15) is 22.1 Å². The van der Waals surface area contributed by atoms with Crippen LogP contribution in [0.25, 0.3) is 33.1 Å². The molecule has 4 heterocycles. The Bertz CT molecular complexity index is 1280. The molecule has 132 valence electrons. The highest BCUT2D eigenvalue weighted by Crippen LogP contribution is 2.27. The molecule has 0 bridgehead atoms. The summed E-state index contributed by atoms with van der Waals surface area (Å²) in [4.78, 5) is 39.6. The maximum Gasteiger partial charge on any atom is 0.231 e. The van der Waals surface area contributed by atoms with Gasteiger partial charge in [-0.05, 0) is 38.8 Å². The summed E-state index contributed by atoms with van der Waals surface area (Å²) in [7, 11) is 0. The number of nitrogens with one attached hydrogen (secondary N) is 2. The standard InChI is InChI=1S/C18H16N4O4/c1-5-7(3)19-11-9(15(5)23)21-13-14(17(11)25)22-10-12(18(13)26)20-8(4)6(2)16(10)24/h1-4H3,(H,19,23)(H,20,24)(H,21,25)(H,22,26)/p-2. The summed E-state index contributed by atoms with van der Waals surface area (Å²) < 4.78 is 0. The summed E-state index contributed by atoms with van der Waals surface area (Å²) >= 11 is 0. The molecular weight excluding hydrogens is 336 g/mol. The number of aromatic amines is 2. The summed E-state index contributed by atoms with van der Waals surface area (Å²) in [6.07, 6.45) is 0.